The molecule has 2 fully saturated rings. The largest absolute Gasteiger partial charge is 0.495 e. The van der Waals surface area contributed by atoms with Gasteiger partial charge in [0.1, 0.15) is 5.75 Å². The minimum Gasteiger partial charge on any atom is -0.495 e. The maximum Gasteiger partial charge on any atom is 0.321 e. The number of anilines is 2. The molecule has 4 N–H and O–H groups in total. The molecule has 31 heavy (non-hydrogen) atoms. The lowest BCUT2D eigenvalue weighted by Gasteiger charge is -2.33. The number of hydrogen-bond acceptors (Lipinski definition) is 4. The van der Waals surface area contributed by atoms with Gasteiger partial charge in [-0.3, -0.25) is 4.79 Å². The third-order valence-corrected chi connectivity index (χ3v) is 5.82. The highest BCUT2D eigenvalue weighted by molar-refractivity contribution is 5.94. The van der Waals surface area contributed by atoms with E-state index >= 15 is 0 Å². The summed E-state index contributed by atoms with van der Waals surface area (Å²) in [5.74, 6) is 0.322. The molecule has 1 aromatic carbocycles. The second kappa shape index (κ2) is 10.9. The lowest BCUT2D eigenvalue weighted by atomic mass is 9.96. The van der Waals surface area contributed by atoms with Crippen molar-refractivity contribution in [2.75, 3.05) is 30.8 Å². The van der Waals surface area contributed by atoms with Gasteiger partial charge in [-0.2, -0.15) is 0 Å². The molecule has 0 aromatic heterocycles. The van der Waals surface area contributed by atoms with Crippen LogP contribution >= 0.6 is 0 Å². The molecule has 0 spiro atoms. The zero-order valence-corrected chi connectivity index (χ0v) is 18.3. The van der Waals surface area contributed by atoms with Crippen molar-refractivity contribution in [1.29, 1.82) is 0 Å². The van der Waals surface area contributed by atoms with E-state index in [1.165, 1.54) is 33.3 Å². The molecule has 9 nitrogen and oxygen atoms in total. The average Bonchev–Trinajstić information content (AvgIpc) is 2.74. The van der Waals surface area contributed by atoms with E-state index in [1.54, 1.807) is 23.1 Å². The van der Waals surface area contributed by atoms with E-state index < -0.39 is 0 Å². The Balaban J connectivity index is 1.47. The number of benzene rings is 1. The Hall–Kier alpha value is -2.97. The molecule has 0 bridgehead atoms. The Labute approximate surface area is 183 Å². The zero-order valence-electron chi connectivity index (χ0n) is 18.3. The smallest absolute Gasteiger partial charge is 0.321 e. The number of nitrogens with zero attached hydrogens (tertiary/aromatic N) is 1. The van der Waals surface area contributed by atoms with E-state index in [1.807, 2.05) is 0 Å². The number of hydrogen-bond donors (Lipinski definition) is 4. The SMILES string of the molecule is COc1ccc(NC(C)=O)cc1NC(=O)N1CCC(NC(=O)NC2CCCCC2)CC1. The quantitative estimate of drug-likeness (QED) is 0.573. The molecule has 1 heterocycles. The van der Waals surface area contributed by atoms with Gasteiger partial charge < -0.3 is 30.9 Å². The summed E-state index contributed by atoms with van der Waals surface area (Å²) < 4.78 is 5.32. The molecule has 1 saturated carbocycles. The van der Waals surface area contributed by atoms with Crippen molar-refractivity contribution in [3.8, 4) is 5.75 Å². The summed E-state index contributed by atoms with van der Waals surface area (Å²) in [5, 5.41) is 11.7. The van der Waals surface area contributed by atoms with Gasteiger partial charge in [-0.15, -0.1) is 0 Å². The molecule has 0 unspecified atom stereocenters. The average molecular weight is 432 g/mol. The van der Waals surface area contributed by atoms with Crippen molar-refractivity contribution in [3.05, 3.63) is 18.2 Å². The van der Waals surface area contributed by atoms with E-state index in [4.69, 9.17) is 4.74 Å². The van der Waals surface area contributed by atoms with Gasteiger partial charge in [0.05, 0.1) is 12.8 Å². The zero-order chi connectivity index (χ0) is 22.2. The fourth-order valence-corrected chi connectivity index (χ4v) is 4.17. The highest BCUT2D eigenvalue weighted by Gasteiger charge is 2.25. The fourth-order valence-electron chi connectivity index (χ4n) is 4.17. The predicted molar refractivity (Wildman–Crippen MR) is 119 cm³/mol. The molecule has 1 aliphatic heterocycles. The standard InChI is InChI=1S/C22H33N5O4/c1-15(28)23-18-8-9-20(31-2)19(14-18)26-22(30)27-12-10-17(11-13-27)25-21(29)24-16-6-4-3-5-7-16/h8-9,14,16-17H,3-7,10-13H2,1-2H3,(H,23,28)(H,26,30)(H2,24,25,29). The number of likely N-dealkylation sites (tertiary alicyclic amines) is 1. The topological polar surface area (TPSA) is 112 Å². The first-order chi connectivity index (χ1) is 14.9. The minimum atomic E-state index is -0.233. The van der Waals surface area contributed by atoms with Gasteiger partial charge in [0.2, 0.25) is 5.91 Å². The summed E-state index contributed by atoms with van der Waals surface area (Å²) in [6.07, 6.45) is 7.12. The molecule has 1 aromatic rings. The number of piperidine rings is 1. The van der Waals surface area contributed by atoms with Gasteiger partial charge in [-0.05, 0) is 43.9 Å². The Bertz CT molecular complexity index is 786. The number of carbonyl (C=O) groups is 3. The van der Waals surface area contributed by atoms with E-state index in [-0.39, 0.29) is 30.1 Å². The fraction of sp³-hybridized carbons (Fsp3) is 0.591. The van der Waals surface area contributed by atoms with Crippen LogP contribution in [-0.2, 0) is 4.79 Å². The number of urea groups is 2. The summed E-state index contributed by atoms with van der Waals surface area (Å²) in [6, 6.07) is 5.08. The summed E-state index contributed by atoms with van der Waals surface area (Å²) in [6.45, 7) is 2.53. The Kier molecular flexibility index (Phi) is 7.97. The van der Waals surface area contributed by atoms with Crippen molar-refractivity contribution in [3.63, 3.8) is 0 Å². The summed E-state index contributed by atoms with van der Waals surface area (Å²) in [4.78, 5) is 38.0. The summed E-state index contributed by atoms with van der Waals surface area (Å²) in [7, 11) is 1.53. The molecule has 2 aliphatic rings. The van der Waals surface area contributed by atoms with E-state index in [0.29, 0.717) is 43.1 Å². The van der Waals surface area contributed by atoms with Crippen molar-refractivity contribution in [2.45, 2.75) is 64.0 Å². The first kappa shape index (κ1) is 22.7. The molecule has 9 heteroatoms. The van der Waals surface area contributed by atoms with Gasteiger partial charge >= 0.3 is 12.1 Å². The van der Waals surface area contributed by atoms with Gasteiger partial charge in [-0.25, -0.2) is 9.59 Å². The lowest BCUT2D eigenvalue weighted by Crippen LogP contribution is -2.51. The first-order valence-electron chi connectivity index (χ1n) is 11.0. The molecule has 5 amide bonds. The van der Waals surface area contributed by atoms with E-state index in [2.05, 4.69) is 21.3 Å². The monoisotopic (exact) mass is 431 g/mol. The molecule has 170 valence electrons. The lowest BCUT2D eigenvalue weighted by molar-refractivity contribution is -0.114. The number of carbonyl (C=O) groups excluding carboxylic acids is 3. The van der Waals surface area contributed by atoms with Crippen LogP contribution in [0.2, 0.25) is 0 Å². The third kappa shape index (κ3) is 6.77. The van der Waals surface area contributed by atoms with Crippen LogP contribution in [0.15, 0.2) is 18.2 Å². The first-order valence-corrected chi connectivity index (χ1v) is 11.0. The van der Waals surface area contributed by atoms with Crippen LogP contribution in [-0.4, -0.2) is 55.2 Å². The van der Waals surface area contributed by atoms with Gasteiger partial charge in [0.25, 0.3) is 0 Å². The van der Waals surface area contributed by atoms with Crippen LogP contribution in [0.1, 0.15) is 51.9 Å². The van der Waals surface area contributed by atoms with Crippen LogP contribution < -0.4 is 26.0 Å². The predicted octanol–water partition coefficient (Wildman–Crippen LogP) is 3.28. The third-order valence-electron chi connectivity index (χ3n) is 5.82. The number of ether oxygens (including phenoxy) is 1. The Morgan fingerprint density at radius 3 is 2.19 bits per heavy atom. The molecule has 3 rings (SSSR count). The summed E-state index contributed by atoms with van der Waals surface area (Å²) in [5.41, 5.74) is 1.07. The molecular formula is C22H33N5O4. The van der Waals surface area contributed by atoms with E-state index in [9.17, 15) is 14.4 Å². The van der Waals surface area contributed by atoms with Crippen LogP contribution in [0, 0.1) is 0 Å². The van der Waals surface area contributed by atoms with Crippen molar-refractivity contribution >= 4 is 29.3 Å². The summed E-state index contributed by atoms with van der Waals surface area (Å²) >= 11 is 0. The normalized spacial score (nSPS) is 17.5. The second-order valence-corrected chi connectivity index (χ2v) is 8.24. The highest BCUT2D eigenvalue weighted by Crippen LogP contribution is 2.28. The van der Waals surface area contributed by atoms with Crippen molar-refractivity contribution in [1.82, 2.24) is 15.5 Å². The number of methoxy groups -OCH3 is 1. The molecule has 1 saturated heterocycles. The van der Waals surface area contributed by atoms with Gasteiger partial charge in [0.15, 0.2) is 0 Å². The molecule has 0 atom stereocenters. The highest BCUT2D eigenvalue weighted by atomic mass is 16.5. The van der Waals surface area contributed by atoms with Gasteiger partial charge in [0, 0.05) is 37.8 Å². The van der Waals surface area contributed by atoms with Crippen LogP contribution in [0.3, 0.4) is 0 Å². The van der Waals surface area contributed by atoms with Crippen LogP contribution in [0.5, 0.6) is 5.75 Å². The number of nitrogens with one attached hydrogen (secondary N) is 4. The Morgan fingerprint density at radius 1 is 0.935 bits per heavy atom. The van der Waals surface area contributed by atoms with E-state index in [0.717, 1.165) is 12.8 Å². The van der Waals surface area contributed by atoms with Crippen LogP contribution in [0.25, 0.3) is 0 Å². The van der Waals surface area contributed by atoms with Crippen molar-refractivity contribution < 1.29 is 19.1 Å². The van der Waals surface area contributed by atoms with Gasteiger partial charge in [-0.1, -0.05) is 19.3 Å². The van der Waals surface area contributed by atoms with Crippen LogP contribution in [0.4, 0.5) is 21.0 Å². The molecular weight excluding hydrogens is 398 g/mol. The molecule has 1 aliphatic carbocycles. The number of amides is 5. The Morgan fingerprint density at radius 2 is 1.58 bits per heavy atom. The molecule has 0 radical (unpaired) electrons. The maximum absolute atomic E-state index is 12.7. The second-order valence-electron chi connectivity index (χ2n) is 8.24. The maximum atomic E-state index is 12.7. The van der Waals surface area contributed by atoms with Crippen molar-refractivity contribution in [2.24, 2.45) is 0 Å². The minimum absolute atomic E-state index is 0.0604. The number of rotatable bonds is 5.